The minimum absolute atomic E-state index is 0.0785. The molecule has 1 aromatic rings. The van der Waals surface area contributed by atoms with Crippen molar-refractivity contribution in [1.29, 1.82) is 0 Å². The fourth-order valence-corrected chi connectivity index (χ4v) is 9.84. The number of hydrogen-bond donors (Lipinski definition) is 7. The van der Waals surface area contributed by atoms with Gasteiger partial charge < -0.3 is 50.4 Å². The smallest absolute Gasteiger partial charge is 0.269 e. The van der Waals surface area contributed by atoms with E-state index in [9.17, 15) is 35.6 Å². The van der Waals surface area contributed by atoms with Crippen molar-refractivity contribution >= 4 is 28.8 Å². The van der Waals surface area contributed by atoms with E-state index in [1.807, 2.05) is 0 Å². The van der Waals surface area contributed by atoms with Crippen LogP contribution >= 0.6 is 12.2 Å². The summed E-state index contributed by atoms with van der Waals surface area (Å²) in [5, 5.41) is 72.0. The number of hydrogen-bond acceptors (Lipinski definition) is 12. The lowest BCUT2D eigenvalue weighted by molar-refractivity contribution is -0.384. The van der Waals surface area contributed by atoms with Crippen LogP contribution in [0.4, 0.5) is 11.4 Å². The first kappa shape index (κ1) is 65.1. The number of aliphatic hydroxyl groups excluding tert-OH is 5. The number of anilines is 1. The second-order valence-electron chi connectivity index (χ2n) is 20.8. The van der Waals surface area contributed by atoms with Crippen molar-refractivity contribution in [3.05, 3.63) is 34.4 Å². The van der Waals surface area contributed by atoms with Crippen LogP contribution in [-0.4, -0.2) is 104 Å². The lowest BCUT2D eigenvalue weighted by Gasteiger charge is -2.40. The van der Waals surface area contributed by atoms with Gasteiger partial charge in [-0.15, -0.1) is 0 Å². The molecule has 1 aliphatic heterocycles. The number of nitro groups is 1. The molecule has 1 aromatic carbocycles. The maximum absolute atomic E-state index is 11.4. The average Bonchev–Trinajstić information content (AvgIpc) is 3.36. The first-order valence-electron chi connectivity index (χ1n) is 29.2. The summed E-state index contributed by atoms with van der Waals surface area (Å²) in [4.78, 5) is 10.5. The van der Waals surface area contributed by atoms with Crippen LogP contribution in [-0.2, 0) is 14.2 Å². The van der Waals surface area contributed by atoms with Crippen molar-refractivity contribution in [3.8, 4) is 0 Å². The van der Waals surface area contributed by atoms with E-state index in [0.717, 1.165) is 38.5 Å². The number of nitro benzene ring substituents is 1. The van der Waals surface area contributed by atoms with Gasteiger partial charge in [-0.1, -0.05) is 239 Å². The van der Waals surface area contributed by atoms with E-state index in [-0.39, 0.29) is 24.1 Å². The molecule has 1 aliphatic rings. The molecule has 14 heteroatoms. The summed E-state index contributed by atoms with van der Waals surface area (Å²) in [5.41, 5.74) is 0.372. The summed E-state index contributed by atoms with van der Waals surface area (Å²) in [6, 6.07) is 4.91. The van der Waals surface area contributed by atoms with Crippen LogP contribution < -0.4 is 10.6 Å². The standard InChI is InChI=1S/C57H105N3O10S/c1-3-5-7-9-11-13-15-17-18-19-20-21-22-23-24-25-26-27-28-30-32-34-36-38-44-58-49(52(62)50(61)39-37-35-33-31-29-16-14-12-10-8-6-4-2)45-68-56-55(65)54(64)53(63)51(70-56)46-69-57(71)59-47-40-42-48(43-41-47)60(66)67/h40-43,49-56,58,61-65H,3-39,44-46H2,1-2H3,(H,59,71)/t49-,50+,51+,52-,53-,54-,55+,56+/m0/s1. The molecule has 71 heavy (non-hydrogen) atoms. The largest absolute Gasteiger partial charge is 0.468 e. The monoisotopic (exact) mass is 1020 g/mol. The summed E-state index contributed by atoms with van der Waals surface area (Å²) in [7, 11) is 0. The summed E-state index contributed by atoms with van der Waals surface area (Å²) < 4.78 is 17.5. The Balaban J connectivity index is 1.71. The molecule has 13 nitrogen and oxygen atoms in total. The first-order valence-corrected chi connectivity index (χ1v) is 29.6. The Bertz CT molecular complexity index is 1400. The highest BCUT2D eigenvalue weighted by Crippen LogP contribution is 2.25. The number of nitrogens with zero attached hydrogens (tertiary/aromatic N) is 1. The van der Waals surface area contributed by atoms with Crippen LogP contribution in [0.1, 0.15) is 251 Å². The number of thiocarbonyl (C=S) groups is 1. The van der Waals surface area contributed by atoms with Crippen molar-refractivity contribution in [2.45, 2.75) is 300 Å². The molecule has 0 bridgehead atoms. The molecule has 1 fully saturated rings. The topological polar surface area (TPSA) is 196 Å². The first-order chi connectivity index (χ1) is 34.6. The highest BCUT2D eigenvalue weighted by Gasteiger charge is 2.45. The Kier molecular flexibility index (Phi) is 40.6. The van der Waals surface area contributed by atoms with Crippen LogP contribution in [0.15, 0.2) is 24.3 Å². The second kappa shape index (κ2) is 44.3. The molecule has 7 N–H and O–H groups in total. The van der Waals surface area contributed by atoms with Crippen molar-refractivity contribution in [2.24, 2.45) is 0 Å². The van der Waals surface area contributed by atoms with Gasteiger partial charge in [0.2, 0.25) is 0 Å². The number of nitrogens with one attached hydrogen (secondary N) is 2. The number of rotatable bonds is 48. The maximum atomic E-state index is 11.4. The molecule has 1 heterocycles. The van der Waals surface area contributed by atoms with E-state index in [1.165, 1.54) is 217 Å². The number of ether oxygens (including phenoxy) is 3. The predicted molar refractivity (Wildman–Crippen MR) is 294 cm³/mol. The van der Waals surface area contributed by atoms with Crippen molar-refractivity contribution in [1.82, 2.24) is 5.32 Å². The van der Waals surface area contributed by atoms with Gasteiger partial charge in [0.25, 0.3) is 10.9 Å². The number of non-ortho nitro benzene ring substituents is 1. The molecule has 0 saturated carbocycles. The Labute approximate surface area is 436 Å². The summed E-state index contributed by atoms with van der Waals surface area (Å²) in [5.74, 6) is 0. The highest BCUT2D eigenvalue weighted by atomic mass is 32.1. The number of aliphatic hydroxyl groups is 5. The van der Waals surface area contributed by atoms with Crippen molar-refractivity contribution < 1.29 is 44.7 Å². The minimum Gasteiger partial charge on any atom is -0.468 e. The molecule has 2 rings (SSSR count). The van der Waals surface area contributed by atoms with Gasteiger partial charge in [0.15, 0.2) is 6.29 Å². The zero-order valence-corrected chi connectivity index (χ0v) is 45.7. The lowest BCUT2D eigenvalue weighted by atomic mass is 9.98. The maximum Gasteiger partial charge on any atom is 0.269 e. The van der Waals surface area contributed by atoms with E-state index in [2.05, 4.69) is 24.5 Å². The zero-order chi connectivity index (χ0) is 51.6. The van der Waals surface area contributed by atoms with Gasteiger partial charge in [-0.3, -0.25) is 10.1 Å². The van der Waals surface area contributed by atoms with E-state index in [4.69, 9.17) is 26.4 Å². The predicted octanol–water partition coefficient (Wildman–Crippen LogP) is 13.3. The van der Waals surface area contributed by atoms with E-state index >= 15 is 0 Å². The molecular weight excluding hydrogens is 919 g/mol. The SMILES string of the molecule is CCCCCCCCCCCCCCCCCCCCCCCCCCN[C@@H](CO[C@@H]1O[C@H](COC(=S)Nc2ccc([N+](=O)[O-])cc2)[C@H](O)[C@H](O)[C@H]1O)[C@H](O)[C@H](O)CCCCCCCCCCCCCC. The van der Waals surface area contributed by atoms with E-state index in [1.54, 1.807) is 0 Å². The van der Waals surface area contributed by atoms with Gasteiger partial charge in [0.1, 0.15) is 31.0 Å². The summed E-state index contributed by atoms with van der Waals surface area (Å²) in [6.07, 6.45) is 37.6. The van der Waals surface area contributed by atoms with Crippen LogP contribution in [0, 0.1) is 10.1 Å². The van der Waals surface area contributed by atoms with E-state index in [0.29, 0.717) is 18.7 Å². The van der Waals surface area contributed by atoms with Gasteiger partial charge in [0, 0.05) is 17.8 Å². The van der Waals surface area contributed by atoms with Gasteiger partial charge >= 0.3 is 0 Å². The quantitative estimate of drug-likeness (QED) is 0.0141. The summed E-state index contributed by atoms with van der Waals surface area (Å²) in [6.45, 7) is 4.71. The summed E-state index contributed by atoms with van der Waals surface area (Å²) >= 11 is 5.26. The molecule has 414 valence electrons. The molecule has 0 amide bonds. The molecule has 0 aliphatic carbocycles. The molecule has 0 unspecified atom stereocenters. The van der Waals surface area contributed by atoms with Crippen LogP contribution in [0.3, 0.4) is 0 Å². The Morgan fingerprint density at radius 2 is 1.00 bits per heavy atom. The van der Waals surface area contributed by atoms with Crippen molar-refractivity contribution in [2.75, 3.05) is 25.1 Å². The van der Waals surface area contributed by atoms with Crippen molar-refractivity contribution in [3.63, 3.8) is 0 Å². The number of benzene rings is 1. The fourth-order valence-electron chi connectivity index (χ4n) is 9.66. The van der Waals surface area contributed by atoms with Crippen LogP contribution in [0.25, 0.3) is 0 Å². The second-order valence-corrected chi connectivity index (χ2v) is 21.2. The third-order valence-electron chi connectivity index (χ3n) is 14.4. The Morgan fingerprint density at radius 1 is 0.606 bits per heavy atom. The highest BCUT2D eigenvalue weighted by molar-refractivity contribution is 7.80. The van der Waals surface area contributed by atoms with Crippen LogP contribution in [0.2, 0.25) is 0 Å². The Hall–Kier alpha value is -2.01. The zero-order valence-electron chi connectivity index (χ0n) is 44.8. The molecular formula is C57H105N3O10S. The van der Waals surface area contributed by atoms with E-state index < -0.39 is 53.9 Å². The third kappa shape index (κ3) is 32.8. The van der Waals surface area contributed by atoms with Gasteiger partial charge in [-0.2, -0.15) is 0 Å². The molecule has 0 aromatic heterocycles. The average molecular weight is 1020 g/mol. The fraction of sp³-hybridized carbons (Fsp3) is 0.877. The number of unbranched alkanes of at least 4 members (excludes halogenated alkanes) is 34. The molecule has 0 spiro atoms. The minimum atomic E-state index is -1.62. The van der Waals surface area contributed by atoms with Gasteiger partial charge in [-0.05, 0) is 43.7 Å². The molecule has 1 saturated heterocycles. The molecule has 8 atom stereocenters. The van der Waals surface area contributed by atoms with Crippen LogP contribution in [0.5, 0.6) is 0 Å². The normalized spacial score (nSPS) is 19.4. The lowest BCUT2D eigenvalue weighted by Crippen LogP contribution is -2.60. The van der Waals surface area contributed by atoms with Gasteiger partial charge in [-0.25, -0.2) is 0 Å². The molecule has 0 radical (unpaired) electrons. The van der Waals surface area contributed by atoms with Gasteiger partial charge in [0.05, 0.1) is 29.8 Å². The third-order valence-corrected chi connectivity index (χ3v) is 14.6. The Morgan fingerprint density at radius 3 is 1.41 bits per heavy atom.